The van der Waals surface area contributed by atoms with Crippen LogP contribution in [0.4, 0.5) is 0 Å². The molecule has 1 aromatic carbocycles. The van der Waals surface area contributed by atoms with Crippen molar-refractivity contribution in [3.8, 4) is 0 Å². The van der Waals surface area contributed by atoms with Crippen LogP contribution in [0.2, 0.25) is 5.02 Å². The van der Waals surface area contributed by atoms with Gasteiger partial charge in [-0.3, -0.25) is 0 Å². The summed E-state index contributed by atoms with van der Waals surface area (Å²) in [6.07, 6.45) is 8.00. The van der Waals surface area contributed by atoms with Crippen LogP contribution in [-0.4, -0.2) is 6.04 Å². The SMILES string of the molecule is N[C@@H]1CC1(c1cccc(Cl)c1)C1CCCCC1. The van der Waals surface area contributed by atoms with E-state index in [-0.39, 0.29) is 5.41 Å². The number of benzene rings is 1. The molecule has 2 N–H and O–H groups in total. The van der Waals surface area contributed by atoms with E-state index in [4.69, 9.17) is 17.3 Å². The molecule has 0 amide bonds. The van der Waals surface area contributed by atoms with Gasteiger partial charge in [0.1, 0.15) is 0 Å². The fourth-order valence-corrected chi connectivity index (χ4v) is 3.93. The lowest BCUT2D eigenvalue weighted by Gasteiger charge is -2.31. The van der Waals surface area contributed by atoms with E-state index < -0.39 is 0 Å². The molecule has 0 heterocycles. The Morgan fingerprint density at radius 2 is 1.88 bits per heavy atom. The predicted molar refractivity (Wildman–Crippen MR) is 72.3 cm³/mol. The van der Waals surface area contributed by atoms with Gasteiger partial charge in [0.15, 0.2) is 0 Å². The molecule has 0 aliphatic heterocycles. The van der Waals surface area contributed by atoms with Crippen molar-refractivity contribution in [3.63, 3.8) is 0 Å². The summed E-state index contributed by atoms with van der Waals surface area (Å²) >= 11 is 6.12. The maximum atomic E-state index is 6.27. The topological polar surface area (TPSA) is 26.0 Å². The summed E-state index contributed by atoms with van der Waals surface area (Å²) in [6, 6.07) is 8.71. The molecular formula is C15H20ClN. The van der Waals surface area contributed by atoms with Crippen molar-refractivity contribution in [2.75, 3.05) is 0 Å². The predicted octanol–water partition coefficient (Wildman–Crippen LogP) is 3.89. The maximum absolute atomic E-state index is 6.27. The molecule has 2 aliphatic rings. The monoisotopic (exact) mass is 249 g/mol. The van der Waals surface area contributed by atoms with Crippen LogP contribution in [0.5, 0.6) is 0 Å². The summed E-state index contributed by atoms with van der Waals surface area (Å²) in [5.41, 5.74) is 7.91. The van der Waals surface area contributed by atoms with E-state index in [0.717, 1.165) is 17.4 Å². The van der Waals surface area contributed by atoms with Gasteiger partial charge in [0.2, 0.25) is 0 Å². The van der Waals surface area contributed by atoms with E-state index in [1.807, 2.05) is 6.07 Å². The number of nitrogens with two attached hydrogens (primary N) is 1. The molecule has 2 atom stereocenters. The Morgan fingerprint density at radius 3 is 2.47 bits per heavy atom. The maximum Gasteiger partial charge on any atom is 0.0408 e. The van der Waals surface area contributed by atoms with Gasteiger partial charge in [-0.15, -0.1) is 0 Å². The van der Waals surface area contributed by atoms with Crippen molar-refractivity contribution in [2.45, 2.75) is 50.0 Å². The van der Waals surface area contributed by atoms with E-state index in [9.17, 15) is 0 Å². The van der Waals surface area contributed by atoms with Crippen molar-refractivity contribution in [1.82, 2.24) is 0 Å². The number of hydrogen-bond acceptors (Lipinski definition) is 1. The van der Waals surface area contributed by atoms with Crippen molar-refractivity contribution < 1.29 is 0 Å². The molecule has 2 heteroatoms. The van der Waals surface area contributed by atoms with Crippen molar-refractivity contribution >= 4 is 11.6 Å². The quantitative estimate of drug-likeness (QED) is 0.846. The molecule has 1 nitrogen and oxygen atoms in total. The van der Waals surface area contributed by atoms with Crippen LogP contribution < -0.4 is 5.73 Å². The van der Waals surface area contributed by atoms with E-state index in [1.54, 1.807) is 0 Å². The van der Waals surface area contributed by atoms with Crippen molar-refractivity contribution in [1.29, 1.82) is 0 Å². The molecule has 1 aromatic rings. The number of halogens is 1. The van der Waals surface area contributed by atoms with E-state index in [1.165, 1.54) is 37.7 Å². The standard InChI is InChI=1S/C15H20ClN/c16-13-8-4-7-12(9-13)15(10-14(15)17)11-5-2-1-3-6-11/h4,7-9,11,14H,1-3,5-6,10,17H2/t14-,15?/m1/s1. The molecule has 0 radical (unpaired) electrons. The van der Waals surface area contributed by atoms with Gasteiger partial charge < -0.3 is 5.73 Å². The highest BCUT2D eigenvalue weighted by Crippen LogP contribution is 2.57. The molecule has 2 saturated carbocycles. The van der Waals surface area contributed by atoms with Crippen LogP contribution in [0.3, 0.4) is 0 Å². The normalized spacial score (nSPS) is 33.6. The number of rotatable bonds is 2. The van der Waals surface area contributed by atoms with Crippen molar-refractivity contribution in [2.24, 2.45) is 11.7 Å². The zero-order chi connectivity index (χ0) is 11.9. The highest BCUT2D eigenvalue weighted by atomic mass is 35.5. The van der Waals surface area contributed by atoms with Gasteiger partial charge in [-0.05, 0) is 42.9 Å². The Bertz CT molecular complexity index is 411. The van der Waals surface area contributed by atoms with Gasteiger partial charge >= 0.3 is 0 Å². The average Bonchev–Trinajstić information content (AvgIpc) is 3.04. The molecule has 3 rings (SSSR count). The fraction of sp³-hybridized carbons (Fsp3) is 0.600. The minimum absolute atomic E-state index is 0.255. The van der Waals surface area contributed by atoms with Gasteiger partial charge in [-0.1, -0.05) is 43.0 Å². The first-order valence-electron chi connectivity index (χ1n) is 6.75. The molecule has 17 heavy (non-hydrogen) atoms. The van der Waals surface area contributed by atoms with Crippen LogP contribution in [-0.2, 0) is 5.41 Å². The smallest absolute Gasteiger partial charge is 0.0408 e. The first-order chi connectivity index (χ1) is 8.23. The molecule has 0 spiro atoms. The summed E-state index contributed by atoms with van der Waals surface area (Å²) in [6.45, 7) is 0. The van der Waals surface area contributed by atoms with E-state index in [2.05, 4.69) is 18.2 Å². The largest absolute Gasteiger partial charge is 0.327 e. The second kappa shape index (κ2) is 4.29. The summed E-state index contributed by atoms with van der Waals surface area (Å²) in [5.74, 6) is 0.782. The van der Waals surface area contributed by atoms with Gasteiger partial charge in [0.05, 0.1) is 0 Å². The van der Waals surface area contributed by atoms with Crippen LogP contribution in [0, 0.1) is 5.92 Å². The van der Waals surface area contributed by atoms with Crippen LogP contribution in [0.25, 0.3) is 0 Å². The average molecular weight is 250 g/mol. The van der Waals surface area contributed by atoms with Gasteiger partial charge in [-0.2, -0.15) is 0 Å². The Balaban J connectivity index is 1.92. The summed E-state index contributed by atoms with van der Waals surface area (Å²) < 4.78 is 0. The molecule has 2 fully saturated rings. The zero-order valence-corrected chi connectivity index (χ0v) is 10.9. The molecule has 0 saturated heterocycles. The first-order valence-corrected chi connectivity index (χ1v) is 7.13. The minimum atomic E-state index is 0.255. The van der Waals surface area contributed by atoms with Crippen molar-refractivity contribution in [3.05, 3.63) is 34.9 Å². The van der Waals surface area contributed by atoms with E-state index in [0.29, 0.717) is 6.04 Å². The highest BCUT2D eigenvalue weighted by Gasteiger charge is 2.57. The van der Waals surface area contributed by atoms with Crippen LogP contribution in [0.15, 0.2) is 24.3 Å². The van der Waals surface area contributed by atoms with Gasteiger partial charge in [0, 0.05) is 16.5 Å². The Morgan fingerprint density at radius 1 is 1.18 bits per heavy atom. The molecule has 0 aromatic heterocycles. The molecule has 92 valence electrons. The number of hydrogen-bond donors (Lipinski definition) is 1. The summed E-state index contributed by atoms with van der Waals surface area (Å²) in [4.78, 5) is 0. The summed E-state index contributed by atoms with van der Waals surface area (Å²) in [7, 11) is 0. The fourth-order valence-electron chi connectivity index (χ4n) is 3.74. The Kier molecular flexibility index (Phi) is 2.92. The van der Waals surface area contributed by atoms with Gasteiger partial charge in [0.25, 0.3) is 0 Å². The molecule has 1 unspecified atom stereocenters. The lowest BCUT2D eigenvalue weighted by Crippen LogP contribution is -2.29. The van der Waals surface area contributed by atoms with E-state index >= 15 is 0 Å². The highest BCUT2D eigenvalue weighted by molar-refractivity contribution is 6.30. The first kappa shape index (κ1) is 11.6. The zero-order valence-electron chi connectivity index (χ0n) is 10.2. The van der Waals surface area contributed by atoms with Gasteiger partial charge in [-0.25, -0.2) is 0 Å². The third kappa shape index (κ3) is 1.90. The minimum Gasteiger partial charge on any atom is -0.327 e. The summed E-state index contributed by atoms with van der Waals surface area (Å²) in [5, 5.41) is 0.844. The Labute approximate surface area is 108 Å². The molecular weight excluding hydrogens is 230 g/mol. The van der Waals surface area contributed by atoms with Crippen LogP contribution >= 0.6 is 11.6 Å². The second-order valence-electron chi connectivity index (χ2n) is 5.70. The third-order valence-electron chi connectivity index (χ3n) is 4.75. The lowest BCUT2D eigenvalue weighted by atomic mass is 9.74. The second-order valence-corrected chi connectivity index (χ2v) is 6.13. The Hall–Kier alpha value is -0.530. The molecule has 0 bridgehead atoms. The van der Waals surface area contributed by atoms with Crippen LogP contribution in [0.1, 0.15) is 44.1 Å². The third-order valence-corrected chi connectivity index (χ3v) is 4.99. The lowest BCUT2D eigenvalue weighted by molar-refractivity contribution is 0.284. The molecule has 2 aliphatic carbocycles.